The van der Waals surface area contributed by atoms with Crippen LogP contribution in [0.3, 0.4) is 0 Å². The number of nitrogen functional groups attached to an aromatic ring is 1. The predicted octanol–water partition coefficient (Wildman–Crippen LogP) is 2.57. The molecule has 1 aromatic carbocycles. The van der Waals surface area contributed by atoms with Gasteiger partial charge in [0.25, 0.3) is 0 Å². The number of nitrogens with two attached hydrogens (primary N) is 1. The number of methoxy groups -OCH3 is 2. The minimum absolute atomic E-state index is 0.341. The number of hydrogen-bond acceptors (Lipinski definition) is 7. The zero-order valence-electron chi connectivity index (χ0n) is 15.3. The van der Waals surface area contributed by atoms with Gasteiger partial charge in [-0.25, -0.2) is 4.98 Å². The van der Waals surface area contributed by atoms with E-state index in [1.165, 1.54) is 11.9 Å². The van der Waals surface area contributed by atoms with E-state index in [4.69, 9.17) is 19.9 Å². The SMILES string of the molecule is COCCN(CCOC)c1ncnc(Oc2ccc(C)c(C)c2)c1N. The van der Waals surface area contributed by atoms with Crippen molar-refractivity contribution in [1.29, 1.82) is 0 Å². The van der Waals surface area contributed by atoms with Gasteiger partial charge in [-0.15, -0.1) is 0 Å². The molecule has 0 spiro atoms. The van der Waals surface area contributed by atoms with Gasteiger partial charge in [0, 0.05) is 27.3 Å². The van der Waals surface area contributed by atoms with Crippen LogP contribution >= 0.6 is 0 Å². The molecule has 2 rings (SSSR count). The van der Waals surface area contributed by atoms with Crippen LogP contribution in [0.5, 0.6) is 11.6 Å². The van der Waals surface area contributed by atoms with Crippen molar-refractivity contribution in [2.75, 3.05) is 51.2 Å². The van der Waals surface area contributed by atoms with E-state index in [0.717, 1.165) is 5.56 Å². The molecule has 0 atom stereocenters. The molecule has 0 unspecified atom stereocenters. The van der Waals surface area contributed by atoms with Gasteiger partial charge in [0.15, 0.2) is 5.82 Å². The summed E-state index contributed by atoms with van der Waals surface area (Å²) < 4.78 is 16.2. The van der Waals surface area contributed by atoms with Crippen LogP contribution in [0.1, 0.15) is 11.1 Å². The van der Waals surface area contributed by atoms with Gasteiger partial charge in [-0.3, -0.25) is 0 Å². The summed E-state index contributed by atoms with van der Waals surface area (Å²) in [6.07, 6.45) is 1.45. The lowest BCUT2D eigenvalue weighted by Gasteiger charge is -2.24. The van der Waals surface area contributed by atoms with E-state index in [2.05, 4.69) is 16.9 Å². The molecule has 2 aromatic rings. The summed E-state index contributed by atoms with van der Waals surface area (Å²) in [6.45, 7) is 6.49. The maximum Gasteiger partial charge on any atom is 0.248 e. The summed E-state index contributed by atoms with van der Waals surface area (Å²) in [6, 6.07) is 5.87. The average Bonchev–Trinajstić information content (AvgIpc) is 2.60. The minimum atomic E-state index is 0.341. The Balaban J connectivity index is 2.25. The molecule has 1 aromatic heterocycles. The Morgan fingerprint density at radius 3 is 2.28 bits per heavy atom. The maximum absolute atomic E-state index is 6.27. The summed E-state index contributed by atoms with van der Waals surface area (Å²) in [5.41, 5.74) is 9.01. The third-order valence-corrected chi connectivity index (χ3v) is 3.95. The molecule has 2 N–H and O–H groups in total. The standard InChI is InChI=1S/C18H26N4O3/c1-13-5-6-15(11-14(13)2)25-18-16(19)17(20-12-21-18)22(7-9-23-3)8-10-24-4/h5-6,11-12H,7-10,19H2,1-4H3. The summed E-state index contributed by atoms with van der Waals surface area (Å²) >= 11 is 0. The second-order valence-electron chi connectivity index (χ2n) is 5.74. The van der Waals surface area contributed by atoms with Gasteiger partial charge in [-0.1, -0.05) is 6.07 Å². The summed E-state index contributed by atoms with van der Waals surface area (Å²) in [5.74, 6) is 1.65. The molecule has 25 heavy (non-hydrogen) atoms. The number of benzene rings is 1. The fourth-order valence-electron chi connectivity index (χ4n) is 2.32. The van der Waals surface area contributed by atoms with Crippen LogP contribution in [0.4, 0.5) is 11.5 Å². The van der Waals surface area contributed by atoms with Crippen LogP contribution in [0.15, 0.2) is 24.5 Å². The number of aryl methyl sites for hydroxylation is 2. The van der Waals surface area contributed by atoms with Crippen molar-refractivity contribution in [3.8, 4) is 11.6 Å². The molecular formula is C18H26N4O3. The fourth-order valence-corrected chi connectivity index (χ4v) is 2.32. The van der Waals surface area contributed by atoms with E-state index in [-0.39, 0.29) is 0 Å². The van der Waals surface area contributed by atoms with Crippen molar-refractivity contribution in [2.24, 2.45) is 0 Å². The molecule has 7 nitrogen and oxygen atoms in total. The van der Waals surface area contributed by atoms with Crippen LogP contribution in [-0.4, -0.2) is 50.5 Å². The van der Waals surface area contributed by atoms with Gasteiger partial charge in [-0.05, 0) is 37.1 Å². The highest BCUT2D eigenvalue weighted by Crippen LogP contribution is 2.31. The van der Waals surface area contributed by atoms with Crippen molar-refractivity contribution in [3.63, 3.8) is 0 Å². The summed E-state index contributed by atoms with van der Waals surface area (Å²) in [4.78, 5) is 10.5. The van der Waals surface area contributed by atoms with E-state index in [0.29, 0.717) is 49.4 Å². The first kappa shape index (κ1) is 19.0. The first-order valence-corrected chi connectivity index (χ1v) is 8.15. The lowest BCUT2D eigenvalue weighted by molar-refractivity contribution is 0.190. The molecule has 0 saturated heterocycles. The van der Waals surface area contributed by atoms with Gasteiger partial charge < -0.3 is 24.8 Å². The minimum Gasteiger partial charge on any atom is -0.437 e. The predicted molar refractivity (Wildman–Crippen MR) is 98.4 cm³/mol. The Hall–Kier alpha value is -2.38. The number of anilines is 2. The molecule has 0 saturated carbocycles. The third-order valence-electron chi connectivity index (χ3n) is 3.95. The number of nitrogens with zero attached hydrogens (tertiary/aromatic N) is 3. The third kappa shape index (κ3) is 5.04. The highest BCUT2D eigenvalue weighted by molar-refractivity contribution is 5.68. The Morgan fingerprint density at radius 1 is 1.00 bits per heavy atom. The monoisotopic (exact) mass is 346 g/mol. The van der Waals surface area contributed by atoms with E-state index in [1.807, 2.05) is 30.0 Å². The van der Waals surface area contributed by atoms with Crippen molar-refractivity contribution in [1.82, 2.24) is 9.97 Å². The Kier molecular flexibility index (Phi) is 6.97. The van der Waals surface area contributed by atoms with Gasteiger partial charge in [0.05, 0.1) is 13.2 Å². The molecule has 0 aliphatic rings. The molecule has 0 amide bonds. The lowest BCUT2D eigenvalue weighted by Crippen LogP contribution is -2.32. The fraction of sp³-hybridized carbons (Fsp3) is 0.444. The number of aromatic nitrogens is 2. The topological polar surface area (TPSA) is 82.7 Å². The molecule has 136 valence electrons. The van der Waals surface area contributed by atoms with E-state index in [9.17, 15) is 0 Å². The second-order valence-corrected chi connectivity index (χ2v) is 5.74. The van der Waals surface area contributed by atoms with Crippen LogP contribution in [-0.2, 0) is 9.47 Å². The van der Waals surface area contributed by atoms with Crippen molar-refractivity contribution < 1.29 is 14.2 Å². The van der Waals surface area contributed by atoms with E-state index < -0.39 is 0 Å². The van der Waals surface area contributed by atoms with Crippen molar-refractivity contribution in [2.45, 2.75) is 13.8 Å². The molecule has 0 fully saturated rings. The number of hydrogen-bond donors (Lipinski definition) is 1. The quantitative estimate of drug-likeness (QED) is 0.747. The molecular weight excluding hydrogens is 320 g/mol. The Morgan fingerprint density at radius 2 is 1.68 bits per heavy atom. The smallest absolute Gasteiger partial charge is 0.248 e. The average molecular weight is 346 g/mol. The van der Waals surface area contributed by atoms with Gasteiger partial charge in [0.2, 0.25) is 5.88 Å². The van der Waals surface area contributed by atoms with Crippen LogP contribution < -0.4 is 15.4 Å². The highest BCUT2D eigenvalue weighted by Gasteiger charge is 2.16. The second kappa shape index (κ2) is 9.19. The molecule has 0 bridgehead atoms. The van der Waals surface area contributed by atoms with Gasteiger partial charge >= 0.3 is 0 Å². The zero-order valence-corrected chi connectivity index (χ0v) is 15.3. The lowest BCUT2D eigenvalue weighted by atomic mass is 10.1. The highest BCUT2D eigenvalue weighted by atomic mass is 16.5. The summed E-state index contributed by atoms with van der Waals surface area (Å²) in [5, 5.41) is 0. The zero-order chi connectivity index (χ0) is 18.2. The number of rotatable bonds is 9. The largest absolute Gasteiger partial charge is 0.437 e. The van der Waals surface area contributed by atoms with Crippen LogP contribution in [0, 0.1) is 13.8 Å². The molecule has 1 heterocycles. The van der Waals surface area contributed by atoms with E-state index >= 15 is 0 Å². The summed E-state index contributed by atoms with van der Waals surface area (Å²) in [7, 11) is 3.32. The first-order valence-electron chi connectivity index (χ1n) is 8.15. The normalized spacial score (nSPS) is 10.7. The first-order chi connectivity index (χ1) is 12.1. The molecule has 7 heteroatoms. The number of ether oxygens (including phenoxy) is 3. The van der Waals surface area contributed by atoms with Crippen LogP contribution in [0.25, 0.3) is 0 Å². The van der Waals surface area contributed by atoms with E-state index in [1.54, 1.807) is 14.2 Å². The van der Waals surface area contributed by atoms with Crippen LogP contribution in [0.2, 0.25) is 0 Å². The van der Waals surface area contributed by atoms with Gasteiger partial charge in [-0.2, -0.15) is 4.98 Å². The van der Waals surface area contributed by atoms with Crippen molar-refractivity contribution >= 4 is 11.5 Å². The molecule has 0 aliphatic carbocycles. The Labute approximate surface area is 148 Å². The Bertz CT molecular complexity index is 686. The van der Waals surface area contributed by atoms with Crippen molar-refractivity contribution in [3.05, 3.63) is 35.7 Å². The van der Waals surface area contributed by atoms with Gasteiger partial charge in [0.1, 0.15) is 17.8 Å². The maximum atomic E-state index is 6.27. The molecule has 0 radical (unpaired) electrons. The molecule has 0 aliphatic heterocycles.